The molecule has 0 unspecified atom stereocenters. The highest BCUT2D eigenvalue weighted by molar-refractivity contribution is 7.89. The lowest BCUT2D eigenvalue weighted by Gasteiger charge is -2.23. The van der Waals surface area contributed by atoms with Gasteiger partial charge in [-0.15, -0.1) is 0 Å². The molecular formula is C32H28Cl2N4O2S. The average molecular weight is 604 g/mol. The predicted molar refractivity (Wildman–Crippen MR) is 166 cm³/mol. The van der Waals surface area contributed by atoms with E-state index >= 15 is 0 Å². The summed E-state index contributed by atoms with van der Waals surface area (Å²) in [6.45, 7) is 2.98. The van der Waals surface area contributed by atoms with Crippen molar-refractivity contribution < 1.29 is 8.42 Å². The topological polar surface area (TPSA) is 75.2 Å². The van der Waals surface area contributed by atoms with Crippen LogP contribution in [0.4, 0.5) is 5.82 Å². The maximum atomic E-state index is 13.6. The van der Waals surface area contributed by atoms with Crippen molar-refractivity contribution in [3.8, 4) is 11.1 Å². The number of anilines is 1. The molecule has 1 aliphatic carbocycles. The summed E-state index contributed by atoms with van der Waals surface area (Å²) in [5.41, 5.74) is 6.10. The van der Waals surface area contributed by atoms with Gasteiger partial charge in [-0.1, -0.05) is 77.3 Å². The number of hydrogen-bond donors (Lipinski definition) is 1. The molecule has 1 fully saturated rings. The number of hydrogen-bond acceptors (Lipinski definition) is 5. The van der Waals surface area contributed by atoms with E-state index in [2.05, 4.69) is 52.5 Å². The van der Waals surface area contributed by atoms with Gasteiger partial charge >= 0.3 is 0 Å². The van der Waals surface area contributed by atoms with Gasteiger partial charge < -0.3 is 5.32 Å². The third-order valence-electron chi connectivity index (χ3n) is 7.21. The van der Waals surface area contributed by atoms with E-state index in [1.54, 1.807) is 16.7 Å². The van der Waals surface area contributed by atoms with Crippen molar-refractivity contribution in [1.82, 2.24) is 14.3 Å². The molecule has 0 saturated heterocycles. The quantitative estimate of drug-likeness (QED) is 0.186. The van der Waals surface area contributed by atoms with Crippen molar-refractivity contribution in [2.24, 2.45) is 0 Å². The third kappa shape index (κ3) is 6.09. The number of nitrogens with one attached hydrogen (secondary N) is 1. The van der Waals surface area contributed by atoms with E-state index in [0.717, 1.165) is 46.3 Å². The van der Waals surface area contributed by atoms with Crippen molar-refractivity contribution in [2.45, 2.75) is 43.8 Å². The van der Waals surface area contributed by atoms with Crippen molar-refractivity contribution >= 4 is 49.9 Å². The predicted octanol–water partition coefficient (Wildman–Crippen LogP) is 7.88. The summed E-state index contributed by atoms with van der Waals surface area (Å²) < 4.78 is 28.9. The second-order valence-corrected chi connectivity index (χ2v) is 13.1. The van der Waals surface area contributed by atoms with Crippen molar-refractivity contribution in [3.05, 3.63) is 118 Å². The summed E-state index contributed by atoms with van der Waals surface area (Å²) in [4.78, 5) is 9.05. The molecule has 1 aromatic heterocycles. The molecule has 0 atom stereocenters. The Bertz CT molecular complexity index is 1860. The van der Waals surface area contributed by atoms with Gasteiger partial charge in [-0.2, -0.15) is 4.31 Å². The summed E-state index contributed by atoms with van der Waals surface area (Å²) in [5, 5.41) is 4.91. The van der Waals surface area contributed by atoms with Gasteiger partial charge in [0.1, 0.15) is 17.0 Å². The van der Waals surface area contributed by atoms with Crippen LogP contribution in [0.1, 0.15) is 29.5 Å². The van der Waals surface area contributed by atoms with Gasteiger partial charge in [0.05, 0.1) is 10.5 Å². The molecule has 1 N–H and O–H groups in total. The zero-order chi connectivity index (χ0) is 28.6. The molecule has 41 heavy (non-hydrogen) atoms. The Morgan fingerprint density at radius 3 is 2.44 bits per heavy atom. The molecule has 0 aliphatic heterocycles. The van der Waals surface area contributed by atoms with Crippen molar-refractivity contribution in [1.29, 1.82) is 0 Å². The average Bonchev–Trinajstić information content (AvgIpc) is 3.80. The summed E-state index contributed by atoms with van der Waals surface area (Å²) in [6.07, 6.45) is 3.22. The molecule has 6 rings (SSSR count). The zero-order valence-electron chi connectivity index (χ0n) is 22.4. The fourth-order valence-electron chi connectivity index (χ4n) is 5.00. The number of aryl methyl sites for hydroxylation is 1. The largest absolute Gasteiger partial charge is 0.365 e. The van der Waals surface area contributed by atoms with Crippen LogP contribution >= 0.6 is 23.2 Å². The van der Waals surface area contributed by atoms with E-state index in [1.807, 2.05) is 36.4 Å². The molecule has 0 spiro atoms. The van der Waals surface area contributed by atoms with E-state index in [9.17, 15) is 8.42 Å². The van der Waals surface area contributed by atoms with Crippen LogP contribution in [0.3, 0.4) is 0 Å². The standard InChI is InChI=1S/C32H28Cl2N4O2S/c1-21-4-2-5-22(14-21)18-35-32-28-16-25(8-12-30(28)36-20-37-32)24-7-3-6-23(15-24)19-38(27-10-11-27)41(39,40)31-13-9-26(33)17-29(31)34/h2-9,12-17,20,27H,10-11,18-19H2,1H3,(H,35,36,37). The fourth-order valence-corrected chi connectivity index (χ4v) is 7.42. The maximum absolute atomic E-state index is 13.6. The first-order valence-electron chi connectivity index (χ1n) is 13.4. The van der Waals surface area contributed by atoms with Crippen LogP contribution in [0.15, 0.2) is 96.2 Å². The van der Waals surface area contributed by atoms with E-state index in [-0.39, 0.29) is 22.5 Å². The lowest BCUT2D eigenvalue weighted by Crippen LogP contribution is -2.32. The molecule has 0 radical (unpaired) electrons. The maximum Gasteiger partial charge on any atom is 0.245 e. The normalized spacial score (nSPS) is 13.6. The first kappa shape index (κ1) is 27.7. The van der Waals surface area contributed by atoms with Crippen LogP contribution in [0.5, 0.6) is 0 Å². The van der Waals surface area contributed by atoms with E-state index in [4.69, 9.17) is 23.2 Å². The van der Waals surface area contributed by atoms with Gasteiger partial charge in [-0.05, 0) is 78.4 Å². The first-order valence-corrected chi connectivity index (χ1v) is 15.6. The van der Waals surface area contributed by atoms with Crippen molar-refractivity contribution in [3.63, 3.8) is 0 Å². The summed E-state index contributed by atoms with van der Waals surface area (Å²) in [6, 6.07) is 26.9. The molecule has 4 aromatic carbocycles. The highest BCUT2D eigenvalue weighted by atomic mass is 35.5. The molecule has 208 valence electrons. The minimum absolute atomic E-state index is 0.0461. The van der Waals surface area contributed by atoms with E-state index in [0.29, 0.717) is 11.6 Å². The Morgan fingerprint density at radius 1 is 0.878 bits per heavy atom. The summed E-state index contributed by atoms with van der Waals surface area (Å²) in [7, 11) is -3.81. The van der Waals surface area contributed by atoms with Crippen LogP contribution < -0.4 is 5.32 Å². The van der Waals surface area contributed by atoms with Crippen molar-refractivity contribution in [2.75, 3.05) is 5.32 Å². The Morgan fingerprint density at radius 2 is 1.66 bits per heavy atom. The van der Waals surface area contributed by atoms with Gasteiger partial charge in [0.25, 0.3) is 0 Å². The zero-order valence-corrected chi connectivity index (χ0v) is 24.7. The Hall–Kier alpha value is -3.49. The molecule has 1 aliphatic rings. The number of aromatic nitrogens is 2. The second-order valence-electron chi connectivity index (χ2n) is 10.4. The lowest BCUT2D eigenvalue weighted by molar-refractivity contribution is 0.398. The molecule has 5 aromatic rings. The minimum atomic E-state index is -3.81. The molecule has 6 nitrogen and oxygen atoms in total. The number of benzene rings is 4. The molecule has 1 saturated carbocycles. The van der Waals surface area contributed by atoms with Crippen LogP contribution in [0.25, 0.3) is 22.0 Å². The second kappa shape index (κ2) is 11.4. The highest BCUT2D eigenvalue weighted by Gasteiger charge is 2.39. The summed E-state index contributed by atoms with van der Waals surface area (Å²) in [5.74, 6) is 0.764. The fraction of sp³-hybridized carbons (Fsp3) is 0.188. The third-order valence-corrected chi connectivity index (χ3v) is 9.83. The first-order chi connectivity index (χ1) is 19.8. The van der Waals surface area contributed by atoms with E-state index < -0.39 is 10.0 Å². The van der Waals surface area contributed by atoms with Crippen LogP contribution in [-0.4, -0.2) is 28.7 Å². The number of fused-ring (bicyclic) bond motifs is 1. The van der Waals surface area contributed by atoms with Crippen LogP contribution in [0, 0.1) is 6.92 Å². The SMILES string of the molecule is Cc1cccc(CNc2ncnc3ccc(-c4cccc(CN(C5CC5)S(=O)(=O)c5ccc(Cl)cc5Cl)c4)cc23)c1. The van der Waals surface area contributed by atoms with Crippen LogP contribution in [-0.2, 0) is 23.1 Å². The summed E-state index contributed by atoms with van der Waals surface area (Å²) >= 11 is 12.3. The van der Waals surface area contributed by atoms with Gasteiger partial charge in [0.15, 0.2) is 0 Å². The number of sulfonamides is 1. The molecular weight excluding hydrogens is 575 g/mol. The molecule has 0 bridgehead atoms. The molecule has 9 heteroatoms. The van der Waals surface area contributed by atoms with Gasteiger partial charge in [-0.25, -0.2) is 18.4 Å². The minimum Gasteiger partial charge on any atom is -0.365 e. The van der Waals surface area contributed by atoms with Gasteiger partial charge in [0.2, 0.25) is 10.0 Å². The Kier molecular flexibility index (Phi) is 7.70. The lowest BCUT2D eigenvalue weighted by atomic mass is 10.0. The van der Waals surface area contributed by atoms with E-state index in [1.165, 1.54) is 23.3 Å². The highest BCUT2D eigenvalue weighted by Crippen LogP contribution is 2.37. The Labute approximate surface area is 250 Å². The number of rotatable bonds is 9. The van der Waals surface area contributed by atoms with Gasteiger partial charge in [0, 0.05) is 29.5 Å². The number of nitrogens with zero attached hydrogens (tertiary/aromatic N) is 3. The monoisotopic (exact) mass is 602 g/mol. The van der Waals surface area contributed by atoms with Gasteiger partial charge in [-0.3, -0.25) is 0 Å². The number of halogens is 2. The molecule has 1 heterocycles. The Balaban J connectivity index is 1.28. The molecule has 0 amide bonds. The smallest absolute Gasteiger partial charge is 0.245 e. The van der Waals surface area contributed by atoms with Crippen LogP contribution in [0.2, 0.25) is 10.0 Å².